The van der Waals surface area contributed by atoms with Crippen molar-refractivity contribution in [2.75, 3.05) is 6.61 Å². The molecular weight excluding hydrogens is 369 g/mol. The molecule has 1 saturated heterocycles. The maximum absolute atomic E-state index is 10.8. The summed E-state index contributed by atoms with van der Waals surface area (Å²) in [7, 11) is 0. The van der Waals surface area contributed by atoms with Crippen molar-refractivity contribution in [3.63, 3.8) is 0 Å². The molecule has 0 aliphatic carbocycles. The van der Waals surface area contributed by atoms with E-state index in [0.29, 0.717) is 0 Å². The van der Waals surface area contributed by atoms with Crippen LogP contribution in [0, 0.1) is 3.57 Å². The Morgan fingerprint density at radius 1 is 1.44 bits per heavy atom. The summed E-state index contributed by atoms with van der Waals surface area (Å²) in [6, 6.07) is 7.90. The third kappa shape index (κ3) is 3.49. The molecule has 0 amide bonds. The minimum atomic E-state index is -1.79. The Labute approximate surface area is 122 Å². The first-order chi connectivity index (χ1) is 8.58. The maximum atomic E-state index is 10.8. The van der Waals surface area contributed by atoms with Gasteiger partial charge in [0.25, 0.3) is 0 Å². The Hall–Kier alpha value is -0.0600. The summed E-state index contributed by atoms with van der Waals surface area (Å²) < 4.78 is 28.1. The molecular formula is C11H14INO4S. The van der Waals surface area contributed by atoms with Gasteiger partial charge in [-0.3, -0.25) is 4.18 Å². The highest BCUT2D eigenvalue weighted by atomic mass is 127. The van der Waals surface area contributed by atoms with E-state index in [1.54, 1.807) is 0 Å². The topological polar surface area (TPSA) is 70.8 Å². The van der Waals surface area contributed by atoms with Crippen LogP contribution < -0.4 is 5.14 Å². The number of halogens is 1. The smallest absolute Gasteiger partial charge is 0.231 e. The molecule has 4 atom stereocenters. The molecule has 1 aliphatic rings. The minimum absolute atomic E-state index is 0.142. The molecule has 1 aromatic rings. The highest BCUT2D eigenvalue weighted by Gasteiger charge is 2.36. The maximum Gasteiger partial charge on any atom is 0.231 e. The van der Waals surface area contributed by atoms with Crippen LogP contribution in [-0.4, -0.2) is 23.2 Å². The van der Waals surface area contributed by atoms with Gasteiger partial charge in [0, 0.05) is 3.57 Å². The highest BCUT2D eigenvalue weighted by molar-refractivity contribution is 14.1. The van der Waals surface area contributed by atoms with Gasteiger partial charge >= 0.3 is 0 Å². The molecule has 2 rings (SSSR count). The number of hydrogen-bond acceptors (Lipinski definition) is 4. The lowest BCUT2D eigenvalue weighted by atomic mass is 10.1. The van der Waals surface area contributed by atoms with Crippen LogP contribution in [0.15, 0.2) is 24.3 Å². The van der Waals surface area contributed by atoms with Crippen LogP contribution in [0.25, 0.3) is 0 Å². The van der Waals surface area contributed by atoms with Gasteiger partial charge in [-0.15, -0.1) is 0 Å². The average Bonchev–Trinajstić information content (AvgIpc) is 2.68. The monoisotopic (exact) mass is 383 g/mol. The van der Waals surface area contributed by atoms with Gasteiger partial charge < -0.3 is 9.47 Å². The van der Waals surface area contributed by atoms with Gasteiger partial charge in [0.05, 0.1) is 6.61 Å². The molecule has 2 unspecified atom stereocenters. The van der Waals surface area contributed by atoms with E-state index in [1.807, 2.05) is 31.2 Å². The Morgan fingerprint density at radius 2 is 2.17 bits per heavy atom. The van der Waals surface area contributed by atoms with Crippen molar-refractivity contribution in [2.45, 2.75) is 25.4 Å². The van der Waals surface area contributed by atoms with Crippen LogP contribution in [0.4, 0.5) is 0 Å². The van der Waals surface area contributed by atoms with Gasteiger partial charge in [-0.25, -0.2) is 9.35 Å². The fraction of sp³-hybridized carbons (Fsp3) is 0.455. The molecule has 2 N–H and O–H groups in total. The first-order valence-corrected chi connectivity index (χ1v) is 7.64. The summed E-state index contributed by atoms with van der Waals surface area (Å²) in [5.74, 6) is 0. The van der Waals surface area contributed by atoms with Crippen molar-refractivity contribution in [1.29, 1.82) is 0 Å². The molecule has 0 saturated carbocycles. The minimum Gasteiger partial charge on any atom is -0.344 e. The van der Waals surface area contributed by atoms with Crippen LogP contribution in [0.1, 0.15) is 18.6 Å². The van der Waals surface area contributed by atoms with Crippen LogP contribution >= 0.6 is 22.6 Å². The SMILES string of the molecule is CC1O[C@H](c2ccccc2I)[C@@H](COS(N)=O)O1. The van der Waals surface area contributed by atoms with Crippen LogP contribution in [0.2, 0.25) is 0 Å². The zero-order chi connectivity index (χ0) is 13.1. The molecule has 0 bridgehead atoms. The third-order valence-electron chi connectivity index (χ3n) is 2.60. The van der Waals surface area contributed by atoms with Gasteiger partial charge in [0.15, 0.2) is 6.29 Å². The number of ether oxygens (including phenoxy) is 2. The summed E-state index contributed by atoms with van der Waals surface area (Å²) in [5.41, 5.74) is 1.04. The summed E-state index contributed by atoms with van der Waals surface area (Å²) in [6.07, 6.45) is -0.842. The van der Waals surface area contributed by atoms with E-state index >= 15 is 0 Å². The van der Waals surface area contributed by atoms with Gasteiger partial charge in [-0.05, 0) is 41.1 Å². The van der Waals surface area contributed by atoms with E-state index in [-0.39, 0.29) is 25.1 Å². The molecule has 0 aromatic heterocycles. The first-order valence-electron chi connectivity index (χ1n) is 5.42. The van der Waals surface area contributed by atoms with Crippen molar-refractivity contribution in [3.8, 4) is 0 Å². The number of nitrogens with two attached hydrogens (primary N) is 1. The van der Waals surface area contributed by atoms with Gasteiger partial charge in [0.1, 0.15) is 12.2 Å². The van der Waals surface area contributed by atoms with Crippen molar-refractivity contribution < 1.29 is 17.9 Å². The van der Waals surface area contributed by atoms with Crippen molar-refractivity contribution in [3.05, 3.63) is 33.4 Å². The summed E-state index contributed by atoms with van der Waals surface area (Å²) in [6.45, 7) is 1.96. The third-order valence-corrected chi connectivity index (χ3v) is 3.95. The zero-order valence-electron chi connectivity index (χ0n) is 9.75. The second-order valence-electron chi connectivity index (χ2n) is 3.87. The second-order valence-corrected chi connectivity index (χ2v) is 5.78. The fourth-order valence-electron chi connectivity index (χ4n) is 1.88. The molecule has 7 heteroatoms. The molecule has 1 fully saturated rings. The quantitative estimate of drug-likeness (QED) is 0.803. The Morgan fingerprint density at radius 3 is 2.83 bits per heavy atom. The summed E-state index contributed by atoms with van der Waals surface area (Å²) in [5, 5.41) is 5.07. The van der Waals surface area contributed by atoms with Gasteiger partial charge in [0.2, 0.25) is 11.3 Å². The lowest BCUT2D eigenvalue weighted by Crippen LogP contribution is -2.24. The molecule has 0 spiro atoms. The molecule has 18 heavy (non-hydrogen) atoms. The van der Waals surface area contributed by atoms with E-state index in [9.17, 15) is 4.21 Å². The fourth-order valence-corrected chi connectivity index (χ4v) is 2.85. The summed E-state index contributed by atoms with van der Waals surface area (Å²) in [4.78, 5) is 0. The number of benzene rings is 1. The predicted molar refractivity (Wildman–Crippen MR) is 75.6 cm³/mol. The number of rotatable bonds is 4. The Balaban J connectivity index is 2.14. The van der Waals surface area contributed by atoms with E-state index < -0.39 is 11.3 Å². The van der Waals surface area contributed by atoms with Crippen molar-refractivity contribution in [1.82, 2.24) is 0 Å². The lowest BCUT2D eigenvalue weighted by Gasteiger charge is -2.17. The standard InChI is InChI=1S/C11H14INO4S/c1-7-16-10(6-15-18(13)14)11(17-7)8-4-2-3-5-9(8)12/h2-5,7,10-11H,6,13H2,1H3/t7?,10-,11-,18?/m1/s1. The van der Waals surface area contributed by atoms with E-state index in [4.69, 9.17) is 18.8 Å². The lowest BCUT2D eigenvalue weighted by molar-refractivity contribution is -0.0548. The molecule has 5 nitrogen and oxygen atoms in total. The normalized spacial score (nSPS) is 29.4. The largest absolute Gasteiger partial charge is 0.344 e. The van der Waals surface area contributed by atoms with E-state index in [0.717, 1.165) is 9.13 Å². The molecule has 1 heterocycles. The summed E-state index contributed by atoms with van der Waals surface area (Å²) >= 11 is 0.461. The average molecular weight is 383 g/mol. The number of hydrogen-bond donors (Lipinski definition) is 1. The van der Waals surface area contributed by atoms with Crippen molar-refractivity contribution >= 4 is 33.9 Å². The molecule has 1 aliphatic heterocycles. The van der Waals surface area contributed by atoms with E-state index in [1.165, 1.54) is 0 Å². The molecule has 100 valence electrons. The zero-order valence-corrected chi connectivity index (χ0v) is 12.7. The van der Waals surface area contributed by atoms with E-state index in [2.05, 4.69) is 22.6 Å². The Bertz CT molecular complexity index is 445. The van der Waals surface area contributed by atoms with Crippen LogP contribution in [0.5, 0.6) is 0 Å². The van der Waals surface area contributed by atoms with Crippen molar-refractivity contribution in [2.24, 2.45) is 5.14 Å². The van der Waals surface area contributed by atoms with Crippen LogP contribution in [-0.2, 0) is 24.9 Å². The molecule has 1 aromatic carbocycles. The van der Waals surface area contributed by atoms with Gasteiger partial charge in [-0.2, -0.15) is 0 Å². The van der Waals surface area contributed by atoms with Crippen LogP contribution in [0.3, 0.4) is 0 Å². The van der Waals surface area contributed by atoms with Gasteiger partial charge in [-0.1, -0.05) is 18.2 Å². The second kappa shape index (κ2) is 6.40. The first kappa shape index (κ1) is 14.4. The highest BCUT2D eigenvalue weighted by Crippen LogP contribution is 2.34. The predicted octanol–water partition coefficient (Wildman–Crippen LogP) is 1.65. The molecule has 0 radical (unpaired) electrons. The Kier molecular flexibility index (Phi) is 5.10.